The molecule has 0 spiro atoms. The summed E-state index contributed by atoms with van der Waals surface area (Å²) in [6.45, 7) is 4.15. The summed E-state index contributed by atoms with van der Waals surface area (Å²) in [5.74, 6) is -3.20. The average molecular weight is 484 g/mol. The molecule has 1 aromatic heterocycles. The van der Waals surface area contributed by atoms with Crippen LogP contribution in [0.5, 0.6) is 0 Å². The van der Waals surface area contributed by atoms with Gasteiger partial charge in [0.05, 0.1) is 24.3 Å². The zero-order valence-electron chi connectivity index (χ0n) is 18.4. The molecule has 34 heavy (non-hydrogen) atoms. The molecule has 0 aliphatic carbocycles. The quantitative estimate of drug-likeness (QED) is 0.410. The highest BCUT2D eigenvalue weighted by Crippen LogP contribution is 2.30. The molecule has 1 aromatic carbocycles. The van der Waals surface area contributed by atoms with Gasteiger partial charge in [0.1, 0.15) is 5.56 Å². The molecule has 0 saturated heterocycles. The number of aliphatic hydroxyl groups is 1. The van der Waals surface area contributed by atoms with E-state index < -0.39 is 64.7 Å². The van der Waals surface area contributed by atoms with E-state index in [4.69, 9.17) is 0 Å². The number of nitrogens with zero attached hydrogens (tertiary/aromatic N) is 1. The third-order valence-corrected chi connectivity index (χ3v) is 4.63. The summed E-state index contributed by atoms with van der Waals surface area (Å²) in [5.41, 5.74) is -3.03. The Labute approximate surface area is 191 Å². The first-order valence-electron chi connectivity index (χ1n) is 9.98. The number of alkyl halides is 3. The van der Waals surface area contributed by atoms with Crippen LogP contribution in [0.1, 0.15) is 52.9 Å². The fourth-order valence-corrected chi connectivity index (χ4v) is 2.77. The average Bonchev–Trinajstić information content (AvgIpc) is 2.76. The second-order valence-corrected chi connectivity index (χ2v) is 7.61. The summed E-state index contributed by atoms with van der Waals surface area (Å²) in [7, 11) is 0. The second-order valence-electron chi connectivity index (χ2n) is 7.61. The zero-order valence-corrected chi connectivity index (χ0v) is 18.4. The van der Waals surface area contributed by atoms with Crippen molar-refractivity contribution in [2.45, 2.75) is 38.6 Å². The summed E-state index contributed by atoms with van der Waals surface area (Å²) < 4.78 is 42.9. The number of hydrogen-bond donors (Lipinski definition) is 4. The highest BCUT2D eigenvalue weighted by molar-refractivity contribution is 5.95. The van der Waals surface area contributed by atoms with Crippen LogP contribution in [0.3, 0.4) is 0 Å². The molecule has 0 fully saturated rings. The van der Waals surface area contributed by atoms with E-state index in [2.05, 4.69) is 25.3 Å². The number of carbonyl (C=O) groups excluding carboxylic acids is 3. The van der Waals surface area contributed by atoms with Crippen molar-refractivity contribution in [2.75, 3.05) is 13.2 Å². The first-order valence-corrected chi connectivity index (χ1v) is 9.98. The molecular formula is C21H23F3N4O6. The predicted molar refractivity (Wildman–Crippen MR) is 112 cm³/mol. The highest BCUT2D eigenvalue weighted by atomic mass is 19.4. The number of ether oxygens (including phenoxy) is 1. The van der Waals surface area contributed by atoms with Crippen molar-refractivity contribution >= 4 is 17.8 Å². The molecule has 13 heteroatoms. The van der Waals surface area contributed by atoms with Crippen molar-refractivity contribution in [2.24, 2.45) is 0 Å². The van der Waals surface area contributed by atoms with Crippen LogP contribution in [-0.4, -0.2) is 52.1 Å². The van der Waals surface area contributed by atoms with Crippen LogP contribution >= 0.6 is 0 Å². The highest BCUT2D eigenvalue weighted by Gasteiger charge is 2.31. The molecule has 4 N–H and O–H groups in total. The Balaban J connectivity index is 2.09. The molecule has 0 aliphatic heterocycles. The fourth-order valence-electron chi connectivity index (χ4n) is 2.77. The van der Waals surface area contributed by atoms with Gasteiger partial charge in [0.15, 0.2) is 11.9 Å². The predicted octanol–water partition coefficient (Wildman–Crippen LogP) is 1.11. The molecule has 2 aromatic rings. The minimum Gasteiger partial charge on any atom is -0.464 e. The van der Waals surface area contributed by atoms with Gasteiger partial charge in [-0.1, -0.05) is 12.1 Å². The number of amides is 2. The van der Waals surface area contributed by atoms with E-state index >= 15 is 0 Å². The van der Waals surface area contributed by atoms with Crippen LogP contribution < -0.4 is 16.2 Å². The molecule has 1 heterocycles. The van der Waals surface area contributed by atoms with Gasteiger partial charge in [0, 0.05) is 6.20 Å². The van der Waals surface area contributed by atoms with Crippen LogP contribution in [0.15, 0.2) is 35.3 Å². The zero-order chi connectivity index (χ0) is 25.7. The lowest BCUT2D eigenvalue weighted by Gasteiger charge is -2.27. The number of esters is 1. The van der Waals surface area contributed by atoms with Gasteiger partial charge in [-0.3, -0.25) is 14.4 Å². The molecule has 10 nitrogen and oxygen atoms in total. The van der Waals surface area contributed by atoms with Crippen molar-refractivity contribution in [1.82, 2.24) is 20.6 Å². The van der Waals surface area contributed by atoms with E-state index in [1.165, 1.54) is 26.0 Å². The number of rotatable bonds is 8. The van der Waals surface area contributed by atoms with Crippen LogP contribution in [-0.2, 0) is 21.2 Å². The molecule has 0 aliphatic rings. The minimum atomic E-state index is -4.50. The van der Waals surface area contributed by atoms with Gasteiger partial charge in [0.2, 0.25) is 0 Å². The summed E-state index contributed by atoms with van der Waals surface area (Å²) in [4.78, 5) is 54.2. The largest absolute Gasteiger partial charge is 0.464 e. The van der Waals surface area contributed by atoms with Gasteiger partial charge in [-0.25, -0.2) is 9.78 Å². The molecule has 0 saturated carbocycles. The van der Waals surface area contributed by atoms with Crippen molar-refractivity contribution in [1.29, 1.82) is 0 Å². The number of aromatic nitrogens is 2. The maximum absolute atomic E-state index is 12.8. The van der Waals surface area contributed by atoms with Crippen molar-refractivity contribution < 1.29 is 37.4 Å². The van der Waals surface area contributed by atoms with Gasteiger partial charge in [-0.05, 0) is 38.5 Å². The first-order chi connectivity index (χ1) is 15.8. The Hall–Kier alpha value is -3.74. The lowest BCUT2D eigenvalue weighted by Crippen LogP contribution is -2.43. The second kappa shape index (κ2) is 10.5. The number of benzene rings is 1. The third-order valence-electron chi connectivity index (χ3n) is 4.63. The lowest BCUT2D eigenvalue weighted by atomic mass is 9.93. The van der Waals surface area contributed by atoms with E-state index in [-0.39, 0.29) is 6.61 Å². The topological polar surface area (TPSA) is 150 Å². The number of aromatic amines is 1. The van der Waals surface area contributed by atoms with E-state index in [0.717, 1.165) is 18.3 Å². The number of hydrogen-bond acceptors (Lipinski definition) is 7. The van der Waals surface area contributed by atoms with Crippen molar-refractivity contribution in [3.8, 4) is 0 Å². The van der Waals surface area contributed by atoms with E-state index in [1.807, 2.05) is 0 Å². The standard InChI is InChI=1S/C21H23F3N4O6/c1-4-34-19(33)14(29)10-26-18(32)15-25-9-13(16(30)27-15)17(31)28-20(2,3)11-5-7-12(8-6-11)21(22,23)24/h5-9,14,29H,4,10H2,1-3H3,(H,26,32)(H,28,31)(H,25,27,30)/t14-/m1/s1. The normalized spacial score (nSPS) is 12.6. The van der Waals surface area contributed by atoms with Gasteiger partial charge < -0.3 is 25.5 Å². The minimum absolute atomic E-state index is 0.0396. The van der Waals surface area contributed by atoms with Gasteiger partial charge in [-0.2, -0.15) is 13.2 Å². The van der Waals surface area contributed by atoms with Crippen LogP contribution in [0.4, 0.5) is 13.2 Å². The summed E-state index contributed by atoms with van der Waals surface area (Å²) in [5, 5.41) is 14.3. The SMILES string of the molecule is CCOC(=O)[C@H](O)CNC(=O)c1ncc(C(=O)NC(C)(C)c2ccc(C(F)(F)F)cc2)c(=O)[nH]1. The van der Waals surface area contributed by atoms with Crippen molar-refractivity contribution in [3.63, 3.8) is 0 Å². The molecule has 0 radical (unpaired) electrons. The smallest absolute Gasteiger partial charge is 0.416 e. The summed E-state index contributed by atoms with van der Waals surface area (Å²) in [6.07, 6.45) is -5.27. The number of H-pyrrole nitrogens is 1. The summed E-state index contributed by atoms with van der Waals surface area (Å²) >= 11 is 0. The maximum atomic E-state index is 12.8. The van der Waals surface area contributed by atoms with E-state index in [9.17, 15) is 37.5 Å². The van der Waals surface area contributed by atoms with Gasteiger partial charge in [-0.15, -0.1) is 0 Å². The Morgan fingerprint density at radius 3 is 2.24 bits per heavy atom. The third kappa shape index (κ3) is 6.63. The first kappa shape index (κ1) is 26.5. The number of halogens is 3. The number of nitrogens with one attached hydrogen (secondary N) is 3. The Kier molecular flexibility index (Phi) is 8.16. The molecule has 0 unspecified atom stereocenters. The monoisotopic (exact) mass is 484 g/mol. The van der Waals surface area contributed by atoms with Gasteiger partial charge in [0.25, 0.3) is 17.4 Å². The molecular weight excluding hydrogens is 461 g/mol. The number of carbonyl (C=O) groups is 3. The van der Waals surface area contributed by atoms with E-state index in [0.29, 0.717) is 5.56 Å². The van der Waals surface area contributed by atoms with Crippen LogP contribution in [0.25, 0.3) is 0 Å². The number of aliphatic hydroxyl groups excluding tert-OH is 1. The van der Waals surface area contributed by atoms with Crippen LogP contribution in [0.2, 0.25) is 0 Å². The maximum Gasteiger partial charge on any atom is 0.416 e. The van der Waals surface area contributed by atoms with Crippen LogP contribution in [0, 0.1) is 0 Å². The molecule has 2 rings (SSSR count). The Morgan fingerprint density at radius 2 is 1.71 bits per heavy atom. The fraction of sp³-hybridized carbons (Fsp3) is 0.381. The molecule has 1 atom stereocenters. The van der Waals surface area contributed by atoms with Gasteiger partial charge >= 0.3 is 12.1 Å². The van der Waals surface area contributed by atoms with Crippen molar-refractivity contribution in [3.05, 3.63) is 63.3 Å². The Bertz CT molecular complexity index is 1110. The van der Waals surface area contributed by atoms with E-state index in [1.54, 1.807) is 6.92 Å². The summed E-state index contributed by atoms with van der Waals surface area (Å²) in [6, 6.07) is 4.18. The molecule has 184 valence electrons. The molecule has 2 amide bonds. The molecule has 0 bridgehead atoms. The Morgan fingerprint density at radius 1 is 1.12 bits per heavy atom. The lowest BCUT2D eigenvalue weighted by molar-refractivity contribution is -0.152.